The topological polar surface area (TPSA) is 40.6 Å². The molecule has 1 aliphatic heterocycles. The maximum Gasteiger partial charge on any atom is 0.282 e. The van der Waals surface area contributed by atoms with Gasteiger partial charge >= 0.3 is 0 Å². The number of piperidine rings is 1. The highest BCUT2D eigenvalue weighted by Gasteiger charge is 2.36. The highest BCUT2D eigenvalue weighted by atomic mass is 79.9. The molecule has 1 saturated heterocycles. The van der Waals surface area contributed by atoms with Crippen molar-refractivity contribution in [3.8, 4) is 0 Å². The molecule has 0 bridgehead atoms. The van der Waals surface area contributed by atoms with E-state index in [1.54, 1.807) is 8.61 Å². The molecule has 1 fully saturated rings. The molecule has 6 heteroatoms. The normalized spacial score (nSPS) is 22.3. The van der Waals surface area contributed by atoms with Gasteiger partial charge in [0.15, 0.2) is 0 Å². The van der Waals surface area contributed by atoms with E-state index in [1.807, 2.05) is 6.92 Å². The van der Waals surface area contributed by atoms with Crippen molar-refractivity contribution >= 4 is 26.1 Å². The van der Waals surface area contributed by atoms with E-state index in [-0.39, 0.29) is 12.1 Å². The largest absolute Gasteiger partial charge is 0.282 e. The third kappa shape index (κ3) is 4.16. The first-order valence-electron chi connectivity index (χ1n) is 7.33. The van der Waals surface area contributed by atoms with Crippen molar-refractivity contribution in [1.82, 2.24) is 8.61 Å². The van der Waals surface area contributed by atoms with Crippen molar-refractivity contribution in [2.45, 2.75) is 65.0 Å². The van der Waals surface area contributed by atoms with Crippen molar-refractivity contribution in [2.75, 3.05) is 18.4 Å². The molecule has 0 saturated carbocycles. The third-order valence-corrected chi connectivity index (χ3v) is 6.55. The van der Waals surface area contributed by atoms with Crippen molar-refractivity contribution in [3.63, 3.8) is 0 Å². The minimum absolute atomic E-state index is 0.108. The lowest BCUT2D eigenvalue weighted by Gasteiger charge is -2.39. The zero-order chi connectivity index (χ0) is 14.5. The van der Waals surface area contributed by atoms with E-state index in [0.717, 1.165) is 32.1 Å². The van der Waals surface area contributed by atoms with Gasteiger partial charge in [0.2, 0.25) is 0 Å². The molecule has 0 aliphatic carbocycles. The number of alkyl halides is 1. The fourth-order valence-corrected chi connectivity index (χ4v) is 5.62. The van der Waals surface area contributed by atoms with Crippen molar-refractivity contribution in [3.05, 3.63) is 0 Å². The number of nitrogens with zero attached hydrogens (tertiary/aromatic N) is 2. The van der Waals surface area contributed by atoms with E-state index < -0.39 is 10.2 Å². The average molecular weight is 355 g/mol. The Morgan fingerprint density at radius 2 is 1.95 bits per heavy atom. The fraction of sp³-hybridized carbons (Fsp3) is 1.00. The zero-order valence-electron chi connectivity index (χ0n) is 12.3. The SMILES string of the molecule is CCC(CC)N(CCBr)S(=O)(=O)N1CCCCC1C. The molecule has 1 rings (SSSR count). The molecule has 0 aromatic heterocycles. The maximum atomic E-state index is 12.9. The van der Waals surface area contributed by atoms with Gasteiger partial charge in [0, 0.05) is 30.5 Å². The molecule has 0 radical (unpaired) electrons. The second-order valence-corrected chi connectivity index (χ2v) is 7.86. The molecule has 0 amide bonds. The predicted octanol–water partition coefficient (Wildman–Crippen LogP) is 2.99. The highest BCUT2D eigenvalue weighted by Crippen LogP contribution is 2.25. The quantitative estimate of drug-likeness (QED) is 0.659. The second-order valence-electron chi connectivity index (χ2n) is 5.23. The first kappa shape index (κ1) is 17.4. The molecule has 1 atom stereocenters. The van der Waals surface area contributed by atoms with Crippen LogP contribution < -0.4 is 0 Å². The van der Waals surface area contributed by atoms with Crippen molar-refractivity contribution in [1.29, 1.82) is 0 Å². The monoisotopic (exact) mass is 354 g/mol. The van der Waals surface area contributed by atoms with Crippen LogP contribution in [0, 0.1) is 0 Å². The minimum atomic E-state index is -3.32. The Morgan fingerprint density at radius 1 is 1.32 bits per heavy atom. The van der Waals surface area contributed by atoms with Crippen LogP contribution in [-0.4, -0.2) is 47.5 Å². The first-order chi connectivity index (χ1) is 8.98. The fourth-order valence-electron chi connectivity index (χ4n) is 2.81. The van der Waals surface area contributed by atoms with E-state index in [0.29, 0.717) is 18.4 Å². The van der Waals surface area contributed by atoms with Crippen LogP contribution in [0.25, 0.3) is 0 Å². The summed E-state index contributed by atoms with van der Waals surface area (Å²) in [5, 5.41) is 0.685. The van der Waals surface area contributed by atoms with Crippen molar-refractivity contribution < 1.29 is 8.42 Å². The summed E-state index contributed by atoms with van der Waals surface area (Å²) in [7, 11) is -3.32. The molecular formula is C13H27BrN2O2S. The van der Waals surface area contributed by atoms with Gasteiger partial charge in [0.25, 0.3) is 10.2 Å². The lowest BCUT2D eigenvalue weighted by Crippen LogP contribution is -2.53. The average Bonchev–Trinajstić information content (AvgIpc) is 2.39. The van der Waals surface area contributed by atoms with Crippen LogP contribution in [0.3, 0.4) is 0 Å². The lowest BCUT2D eigenvalue weighted by molar-refractivity contribution is 0.226. The maximum absolute atomic E-state index is 12.9. The Labute approximate surface area is 126 Å². The van der Waals surface area contributed by atoms with Gasteiger partial charge in [-0.05, 0) is 32.6 Å². The molecule has 19 heavy (non-hydrogen) atoms. The summed E-state index contributed by atoms with van der Waals surface area (Å²) in [6, 6.07) is 0.239. The Morgan fingerprint density at radius 3 is 2.42 bits per heavy atom. The smallest absolute Gasteiger partial charge is 0.195 e. The number of hydrogen-bond acceptors (Lipinski definition) is 2. The van der Waals surface area contributed by atoms with Crippen LogP contribution in [0.15, 0.2) is 0 Å². The summed E-state index contributed by atoms with van der Waals surface area (Å²) in [5.41, 5.74) is 0. The van der Waals surface area contributed by atoms with Gasteiger partial charge in [-0.2, -0.15) is 17.0 Å². The van der Waals surface area contributed by atoms with E-state index in [4.69, 9.17) is 0 Å². The molecular weight excluding hydrogens is 328 g/mol. The van der Waals surface area contributed by atoms with Crippen LogP contribution in [0.1, 0.15) is 52.9 Å². The van der Waals surface area contributed by atoms with Crippen LogP contribution in [0.5, 0.6) is 0 Å². The second kappa shape index (κ2) is 7.96. The summed E-state index contributed by atoms with van der Waals surface area (Å²) in [6.07, 6.45) is 4.82. The highest BCUT2D eigenvalue weighted by molar-refractivity contribution is 9.09. The van der Waals surface area contributed by atoms with Crippen LogP contribution in [0.4, 0.5) is 0 Å². The Bertz CT molecular complexity index is 358. The molecule has 1 aliphatic rings. The van der Waals surface area contributed by atoms with E-state index in [2.05, 4.69) is 29.8 Å². The lowest BCUT2D eigenvalue weighted by atomic mass is 10.1. The predicted molar refractivity (Wildman–Crippen MR) is 83.8 cm³/mol. The van der Waals surface area contributed by atoms with E-state index in [1.165, 1.54) is 0 Å². The zero-order valence-corrected chi connectivity index (χ0v) is 14.7. The molecule has 0 spiro atoms. The van der Waals surface area contributed by atoms with E-state index in [9.17, 15) is 8.42 Å². The summed E-state index contributed by atoms with van der Waals surface area (Å²) >= 11 is 3.38. The summed E-state index contributed by atoms with van der Waals surface area (Å²) in [5.74, 6) is 0. The summed E-state index contributed by atoms with van der Waals surface area (Å²) in [6.45, 7) is 7.37. The van der Waals surface area contributed by atoms with Gasteiger partial charge in [-0.1, -0.05) is 36.2 Å². The Balaban J connectivity index is 2.97. The molecule has 1 heterocycles. The third-order valence-electron chi connectivity index (χ3n) is 3.99. The van der Waals surface area contributed by atoms with Gasteiger partial charge in [0.1, 0.15) is 0 Å². The van der Waals surface area contributed by atoms with E-state index >= 15 is 0 Å². The number of rotatable bonds is 7. The molecule has 0 N–H and O–H groups in total. The number of hydrogen-bond donors (Lipinski definition) is 0. The molecule has 1 unspecified atom stereocenters. The Hall–Kier alpha value is 0.350. The van der Waals surface area contributed by atoms with Gasteiger partial charge in [-0.3, -0.25) is 0 Å². The number of halogens is 1. The standard InChI is InChI=1S/C13H27BrN2O2S/c1-4-13(5-2)16(11-9-14)19(17,18)15-10-7-6-8-12(15)3/h12-13H,4-11H2,1-3H3. The molecule has 114 valence electrons. The van der Waals surface area contributed by atoms with Crippen LogP contribution >= 0.6 is 15.9 Å². The minimum Gasteiger partial charge on any atom is -0.195 e. The van der Waals surface area contributed by atoms with Crippen LogP contribution in [0.2, 0.25) is 0 Å². The van der Waals surface area contributed by atoms with Gasteiger partial charge in [0.05, 0.1) is 0 Å². The molecule has 4 nitrogen and oxygen atoms in total. The molecule has 0 aromatic carbocycles. The van der Waals surface area contributed by atoms with Gasteiger partial charge < -0.3 is 0 Å². The summed E-state index contributed by atoms with van der Waals surface area (Å²) in [4.78, 5) is 0. The van der Waals surface area contributed by atoms with Gasteiger partial charge in [-0.25, -0.2) is 0 Å². The molecule has 0 aromatic rings. The summed E-state index contributed by atoms with van der Waals surface area (Å²) < 4.78 is 29.2. The van der Waals surface area contributed by atoms with Gasteiger partial charge in [-0.15, -0.1) is 0 Å². The van der Waals surface area contributed by atoms with Crippen molar-refractivity contribution in [2.24, 2.45) is 0 Å². The van der Waals surface area contributed by atoms with Crippen LogP contribution in [-0.2, 0) is 10.2 Å². The Kier molecular flexibility index (Phi) is 7.29. The first-order valence-corrected chi connectivity index (χ1v) is 9.85.